The van der Waals surface area contributed by atoms with E-state index in [0.717, 1.165) is 61.9 Å². The van der Waals surface area contributed by atoms with E-state index < -0.39 is 11.7 Å². The summed E-state index contributed by atoms with van der Waals surface area (Å²) in [6, 6.07) is 20.3. The largest absolute Gasteiger partial charge is 0.495 e. The number of para-hydroxylation sites is 2. The van der Waals surface area contributed by atoms with Crippen molar-refractivity contribution in [2.75, 3.05) is 38.2 Å². The maximum absolute atomic E-state index is 12.9. The molecule has 1 fully saturated rings. The number of hydrogen-bond acceptors (Lipinski definition) is 4. The van der Waals surface area contributed by atoms with Crippen LogP contribution in [0.2, 0.25) is 0 Å². The second kappa shape index (κ2) is 10.8. The normalized spacial score (nSPS) is 14.6. The topological polar surface area (TPSA) is 44.8 Å². The third kappa shape index (κ3) is 6.33. The number of piperazine rings is 1. The number of halogens is 3. The van der Waals surface area contributed by atoms with Gasteiger partial charge in [0.1, 0.15) is 5.75 Å². The van der Waals surface area contributed by atoms with Gasteiger partial charge in [-0.15, -0.1) is 0 Å². The van der Waals surface area contributed by atoms with Gasteiger partial charge in [-0.25, -0.2) is 0 Å². The highest BCUT2D eigenvalue weighted by Gasteiger charge is 2.30. The van der Waals surface area contributed by atoms with Crippen molar-refractivity contribution >= 4 is 11.6 Å². The van der Waals surface area contributed by atoms with Crippen molar-refractivity contribution in [2.45, 2.75) is 19.3 Å². The van der Waals surface area contributed by atoms with E-state index in [-0.39, 0.29) is 12.5 Å². The fourth-order valence-corrected chi connectivity index (χ4v) is 4.20. The van der Waals surface area contributed by atoms with Gasteiger partial charge in [0.15, 0.2) is 0 Å². The molecule has 0 atom stereocenters. The van der Waals surface area contributed by atoms with Gasteiger partial charge in [-0.1, -0.05) is 36.4 Å². The summed E-state index contributed by atoms with van der Waals surface area (Å²) in [5, 5.41) is 2.69. The summed E-state index contributed by atoms with van der Waals surface area (Å²) in [5.41, 5.74) is 2.36. The Morgan fingerprint density at radius 3 is 2.31 bits per heavy atom. The lowest BCUT2D eigenvalue weighted by Gasteiger charge is -2.36. The molecule has 0 radical (unpaired) electrons. The van der Waals surface area contributed by atoms with Gasteiger partial charge in [-0.3, -0.25) is 9.69 Å². The lowest BCUT2D eigenvalue weighted by atomic mass is 10.1. The van der Waals surface area contributed by atoms with Crippen LogP contribution in [0, 0.1) is 0 Å². The van der Waals surface area contributed by atoms with Gasteiger partial charge in [-0.2, -0.15) is 13.2 Å². The molecular formula is C27H28F3N3O2. The fourth-order valence-electron chi connectivity index (χ4n) is 4.20. The van der Waals surface area contributed by atoms with Crippen LogP contribution in [0.1, 0.15) is 27.0 Å². The monoisotopic (exact) mass is 483 g/mol. The zero-order valence-electron chi connectivity index (χ0n) is 19.5. The van der Waals surface area contributed by atoms with Gasteiger partial charge in [0.2, 0.25) is 0 Å². The van der Waals surface area contributed by atoms with Crippen molar-refractivity contribution in [3.63, 3.8) is 0 Å². The van der Waals surface area contributed by atoms with Crippen molar-refractivity contribution in [3.05, 3.63) is 95.1 Å². The number of carbonyl (C=O) groups is 1. The van der Waals surface area contributed by atoms with E-state index >= 15 is 0 Å². The van der Waals surface area contributed by atoms with Gasteiger partial charge >= 0.3 is 6.18 Å². The second-order valence-corrected chi connectivity index (χ2v) is 8.51. The number of nitrogens with one attached hydrogen (secondary N) is 1. The number of rotatable bonds is 7. The predicted octanol–water partition coefficient (Wildman–Crippen LogP) is 4.97. The Bertz CT molecular complexity index is 1140. The Kier molecular flexibility index (Phi) is 7.60. The molecule has 0 aromatic heterocycles. The van der Waals surface area contributed by atoms with Crippen molar-refractivity contribution in [3.8, 4) is 5.75 Å². The van der Waals surface area contributed by atoms with Crippen LogP contribution in [-0.2, 0) is 19.3 Å². The van der Waals surface area contributed by atoms with Crippen LogP contribution in [0.3, 0.4) is 0 Å². The van der Waals surface area contributed by atoms with E-state index in [1.54, 1.807) is 25.3 Å². The Balaban J connectivity index is 1.27. The highest BCUT2D eigenvalue weighted by molar-refractivity contribution is 5.94. The third-order valence-corrected chi connectivity index (χ3v) is 6.13. The molecule has 184 valence electrons. The van der Waals surface area contributed by atoms with Crippen LogP contribution < -0.4 is 15.0 Å². The maximum Gasteiger partial charge on any atom is 0.416 e. The van der Waals surface area contributed by atoms with E-state index in [0.29, 0.717) is 11.1 Å². The molecule has 3 aromatic carbocycles. The van der Waals surface area contributed by atoms with Crippen molar-refractivity contribution in [1.82, 2.24) is 10.2 Å². The standard InChI is InChI=1S/C27H28F3N3O2/c1-35-25-8-3-2-7-24(25)33-15-13-32(14-16-33)19-20-9-11-22(12-10-20)26(34)31-18-21-5-4-6-23(17-21)27(28,29)30/h2-12,17H,13-16,18-19H2,1H3,(H,31,34). The Labute approximate surface area is 203 Å². The molecule has 0 spiro atoms. The number of ether oxygens (including phenoxy) is 1. The summed E-state index contributed by atoms with van der Waals surface area (Å²) in [5.74, 6) is 0.558. The molecule has 1 N–H and O–H groups in total. The van der Waals surface area contributed by atoms with Crippen LogP contribution >= 0.6 is 0 Å². The van der Waals surface area contributed by atoms with Crippen molar-refractivity contribution in [1.29, 1.82) is 0 Å². The Hall–Kier alpha value is -3.52. The molecule has 0 aliphatic carbocycles. The Morgan fingerprint density at radius 1 is 0.914 bits per heavy atom. The van der Waals surface area contributed by atoms with E-state index in [4.69, 9.17) is 4.74 Å². The summed E-state index contributed by atoms with van der Waals surface area (Å²) < 4.78 is 44.1. The van der Waals surface area contributed by atoms with E-state index in [9.17, 15) is 18.0 Å². The summed E-state index contributed by atoms with van der Waals surface area (Å²) in [4.78, 5) is 17.2. The first-order valence-electron chi connectivity index (χ1n) is 11.5. The van der Waals surface area contributed by atoms with Gasteiger partial charge in [-0.05, 0) is 47.5 Å². The molecule has 5 nitrogen and oxygen atoms in total. The average Bonchev–Trinajstić information content (AvgIpc) is 2.88. The minimum Gasteiger partial charge on any atom is -0.495 e. The van der Waals surface area contributed by atoms with Crippen LogP contribution in [0.25, 0.3) is 0 Å². The molecule has 35 heavy (non-hydrogen) atoms. The molecule has 8 heteroatoms. The lowest BCUT2D eigenvalue weighted by molar-refractivity contribution is -0.137. The molecule has 0 unspecified atom stereocenters. The van der Waals surface area contributed by atoms with Gasteiger partial charge < -0.3 is 15.0 Å². The molecule has 1 aliphatic heterocycles. The van der Waals surface area contributed by atoms with Crippen LogP contribution in [0.5, 0.6) is 5.75 Å². The molecule has 0 saturated carbocycles. The predicted molar refractivity (Wildman–Crippen MR) is 130 cm³/mol. The van der Waals surface area contributed by atoms with E-state index in [1.165, 1.54) is 6.07 Å². The molecule has 3 aromatic rings. The van der Waals surface area contributed by atoms with Gasteiger partial charge in [0, 0.05) is 44.8 Å². The molecule has 1 heterocycles. The highest BCUT2D eigenvalue weighted by Crippen LogP contribution is 2.30. The first-order chi connectivity index (χ1) is 16.8. The van der Waals surface area contributed by atoms with E-state index in [1.807, 2.05) is 30.3 Å². The number of methoxy groups -OCH3 is 1. The average molecular weight is 484 g/mol. The molecular weight excluding hydrogens is 455 g/mol. The molecule has 4 rings (SSSR count). The first-order valence-corrected chi connectivity index (χ1v) is 11.5. The van der Waals surface area contributed by atoms with Crippen LogP contribution in [0.4, 0.5) is 18.9 Å². The molecule has 0 bridgehead atoms. The number of alkyl halides is 3. The lowest BCUT2D eigenvalue weighted by Crippen LogP contribution is -2.46. The molecule has 1 amide bonds. The quantitative estimate of drug-likeness (QED) is 0.516. The zero-order valence-corrected chi connectivity index (χ0v) is 19.5. The second-order valence-electron chi connectivity index (χ2n) is 8.51. The number of nitrogens with zero attached hydrogens (tertiary/aromatic N) is 2. The zero-order chi connectivity index (χ0) is 24.8. The van der Waals surface area contributed by atoms with Gasteiger partial charge in [0.25, 0.3) is 5.91 Å². The molecule has 1 saturated heterocycles. The molecule has 1 aliphatic rings. The third-order valence-electron chi connectivity index (χ3n) is 6.13. The smallest absolute Gasteiger partial charge is 0.416 e. The summed E-state index contributed by atoms with van der Waals surface area (Å²) in [7, 11) is 1.68. The Morgan fingerprint density at radius 2 is 1.63 bits per heavy atom. The highest BCUT2D eigenvalue weighted by atomic mass is 19.4. The number of benzene rings is 3. The number of carbonyl (C=O) groups excluding carboxylic acids is 1. The summed E-state index contributed by atoms with van der Waals surface area (Å²) in [6.07, 6.45) is -4.41. The summed E-state index contributed by atoms with van der Waals surface area (Å²) >= 11 is 0. The number of amides is 1. The van der Waals surface area contributed by atoms with Crippen molar-refractivity contribution in [2.24, 2.45) is 0 Å². The minimum atomic E-state index is -4.41. The van der Waals surface area contributed by atoms with Gasteiger partial charge in [0.05, 0.1) is 18.4 Å². The SMILES string of the molecule is COc1ccccc1N1CCN(Cc2ccc(C(=O)NCc3cccc(C(F)(F)F)c3)cc2)CC1. The maximum atomic E-state index is 12.9. The van der Waals surface area contributed by atoms with Crippen LogP contribution in [0.15, 0.2) is 72.8 Å². The van der Waals surface area contributed by atoms with Crippen molar-refractivity contribution < 1.29 is 22.7 Å². The minimum absolute atomic E-state index is 0.0288. The number of anilines is 1. The van der Waals surface area contributed by atoms with E-state index in [2.05, 4.69) is 21.2 Å². The fraction of sp³-hybridized carbons (Fsp3) is 0.296. The first kappa shape index (κ1) is 24.6. The number of hydrogen-bond donors (Lipinski definition) is 1. The summed E-state index contributed by atoms with van der Waals surface area (Å²) in [6.45, 7) is 4.44. The van der Waals surface area contributed by atoms with Crippen LogP contribution in [-0.4, -0.2) is 44.1 Å².